The van der Waals surface area contributed by atoms with Gasteiger partial charge < -0.3 is 4.74 Å². The van der Waals surface area contributed by atoms with E-state index in [1.54, 1.807) is 17.6 Å². The van der Waals surface area contributed by atoms with Gasteiger partial charge in [-0.05, 0) is 29.8 Å². The number of esters is 1. The minimum absolute atomic E-state index is 0.346. The lowest BCUT2D eigenvalue weighted by atomic mass is 10.3. The molecular formula is C10H10BrN3O2. The van der Waals surface area contributed by atoms with Crippen molar-refractivity contribution in [3.63, 3.8) is 0 Å². The molecular weight excluding hydrogens is 274 g/mol. The van der Waals surface area contributed by atoms with Crippen LogP contribution < -0.4 is 0 Å². The van der Waals surface area contributed by atoms with Crippen LogP contribution in [0, 0.1) is 6.92 Å². The number of carbonyl (C=O) groups excluding carboxylic acids is 1. The van der Waals surface area contributed by atoms with Crippen LogP contribution in [0.5, 0.6) is 0 Å². The lowest BCUT2D eigenvalue weighted by molar-refractivity contribution is 0.0525. The fraction of sp³-hybridized carbons (Fsp3) is 0.300. The van der Waals surface area contributed by atoms with E-state index in [0.29, 0.717) is 17.8 Å². The highest BCUT2D eigenvalue weighted by atomic mass is 79.9. The fourth-order valence-electron chi connectivity index (χ4n) is 1.34. The van der Waals surface area contributed by atoms with E-state index in [0.717, 1.165) is 10.2 Å². The monoisotopic (exact) mass is 283 g/mol. The zero-order valence-electron chi connectivity index (χ0n) is 8.90. The summed E-state index contributed by atoms with van der Waals surface area (Å²) < 4.78 is 7.28. The van der Waals surface area contributed by atoms with Crippen molar-refractivity contribution in [1.82, 2.24) is 14.6 Å². The third-order valence-corrected chi connectivity index (χ3v) is 3.02. The van der Waals surface area contributed by atoms with Crippen LogP contribution in [0.15, 0.2) is 16.9 Å². The molecule has 84 valence electrons. The molecule has 0 bridgehead atoms. The molecule has 0 atom stereocenters. The van der Waals surface area contributed by atoms with Crippen LogP contribution in [0.4, 0.5) is 0 Å². The van der Waals surface area contributed by atoms with Gasteiger partial charge in [0.25, 0.3) is 0 Å². The van der Waals surface area contributed by atoms with Crippen molar-refractivity contribution in [2.45, 2.75) is 13.8 Å². The van der Waals surface area contributed by atoms with Gasteiger partial charge in [0.2, 0.25) is 0 Å². The van der Waals surface area contributed by atoms with Crippen molar-refractivity contribution in [3.05, 3.63) is 28.1 Å². The highest BCUT2D eigenvalue weighted by molar-refractivity contribution is 9.10. The van der Waals surface area contributed by atoms with E-state index in [1.807, 2.05) is 6.92 Å². The predicted octanol–water partition coefficient (Wildman–Crippen LogP) is 1.98. The number of fused-ring (bicyclic) bond motifs is 1. The van der Waals surface area contributed by atoms with E-state index in [2.05, 4.69) is 26.0 Å². The largest absolute Gasteiger partial charge is 0.462 e. The van der Waals surface area contributed by atoms with Gasteiger partial charge >= 0.3 is 5.97 Å². The maximum Gasteiger partial charge on any atom is 0.341 e. The Morgan fingerprint density at radius 3 is 3.06 bits per heavy atom. The average molecular weight is 284 g/mol. The molecule has 6 heteroatoms. The van der Waals surface area contributed by atoms with Gasteiger partial charge in [0.05, 0.1) is 22.3 Å². The summed E-state index contributed by atoms with van der Waals surface area (Å²) in [5.74, 6) is -0.388. The zero-order chi connectivity index (χ0) is 11.7. The quantitative estimate of drug-likeness (QED) is 0.791. The van der Waals surface area contributed by atoms with E-state index in [9.17, 15) is 4.79 Å². The van der Waals surface area contributed by atoms with Crippen LogP contribution in [0.3, 0.4) is 0 Å². The summed E-state index contributed by atoms with van der Waals surface area (Å²) in [6, 6.07) is 0. The second kappa shape index (κ2) is 4.21. The van der Waals surface area contributed by atoms with Crippen molar-refractivity contribution in [2.24, 2.45) is 0 Å². The Balaban J connectivity index is 2.48. The minimum atomic E-state index is -0.388. The maximum atomic E-state index is 11.5. The molecule has 0 radical (unpaired) electrons. The molecule has 0 fully saturated rings. The van der Waals surface area contributed by atoms with Crippen LogP contribution in [-0.4, -0.2) is 27.2 Å². The first kappa shape index (κ1) is 11.1. The summed E-state index contributed by atoms with van der Waals surface area (Å²) in [5.41, 5.74) is 1.91. The first-order valence-corrected chi connectivity index (χ1v) is 5.60. The summed E-state index contributed by atoms with van der Waals surface area (Å²) in [6.45, 7) is 3.97. The van der Waals surface area contributed by atoms with Crippen LogP contribution in [-0.2, 0) is 4.74 Å². The molecule has 2 aromatic rings. The summed E-state index contributed by atoms with van der Waals surface area (Å²) in [6.07, 6.45) is 3.09. The van der Waals surface area contributed by atoms with Crippen LogP contribution in [0.25, 0.3) is 5.65 Å². The molecule has 0 aliphatic carbocycles. The first-order valence-electron chi connectivity index (χ1n) is 4.81. The fourth-order valence-corrected chi connectivity index (χ4v) is 1.70. The van der Waals surface area contributed by atoms with Gasteiger partial charge in [-0.25, -0.2) is 14.3 Å². The zero-order valence-corrected chi connectivity index (χ0v) is 10.5. The Kier molecular flexibility index (Phi) is 2.91. The van der Waals surface area contributed by atoms with Crippen molar-refractivity contribution in [3.8, 4) is 0 Å². The highest BCUT2D eigenvalue weighted by Crippen LogP contribution is 2.20. The maximum absolute atomic E-state index is 11.5. The second-order valence-electron chi connectivity index (χ2n) is 3.23. The van der Waals surface area contributed by atoms with Gasteiger partial charge in [0.1, 0.15) is 0 Å². The van der Waals surface area contributed by atoms with Crippen molar-refractivity contribution in [2.75, 3.05) is 6.61 Å². The molecule has 0 saturated heterocycles. The Hall–Kier alpha value is -1.43. The number of rotatable bonds is 2. The molecule has 0 unspecified atom stereocenters. The van der Waals surface area contributed by atoms with E-state index in [-0.39, 0.29) is 5.97 Å². The van der Waals surface area contributed by atoms with E-state index in [1.165, 1.54) is 6.20 Å². The predicted molar refractivity (Wildman–Crippen MR) is 61.4 cm³/mol. The molecule has 0 aromatic carbocycles. The number of aryl methyl sites for hydroxylation is 1. The summed E-state index contributed by atoms with van der Waals surface area (Å²) in [7, 11) is 0. The standard InChI is InChI=1S/C10H10BrN3O2/c1-3-16-10(15)7-4-12-9-8(11)6(2)13-14(9)5-7/h4-5H,3H2,1-2H3. The third kappa shape index (κ3) is 1.80. The van der Waals surface area contributed by atoms with Crippen LogP contribution >= 0.6 is 15.9 Å². The second-order valence-corrected chi connectivity index (χ2v) is 4.02. The molecule has 0 aliphatic rings. The van der Waals surface area contributed by atoms with Crippen molar-refractivity contribution in [1.29, 1.82) is 0 Å². The number of carbonyl (C=O) groups is 1. The molecule has 0 amide bonds. The lowest BCUT2D eigenvalue weighted by Crippen LogP contribution is -2.07. The molecule has 0 spiro atoms. The van der Waals surface area contributed by atoms with Gasteiger partial charge in [-0.3, -0.25) is 0 Å². The van der Waals surface area contributed by atoms with Gasteiger partial charge in [-0.1, -0.05) is 0 Å². The molecule has 16 heavy (non-hydrogen) atoms. The Morgan fingerprint density at radius 2 is 2.38 bits per heavy atom. The van der Waals surface area contributed by atoms with Gasteiger partial charge in [0.15, 0.2) is 5.65 Å². The van der Waals surface area contributed by atoms with Gasteiger partial charge in [-0.2, -0.15) is 5.10 Å². The molecule has 0 aliphatic heterocycles. The molecule has 0 saturated carbocycles. The summed E-state index contributed by atoms with van der Waals surface area (Å²) in [4.78, 5) is 15.6. The number of hydrogen-bond donors (Lipinski definition) is 0. The number of ether oxygens (including phenoxy) is 1. The molecule has 5 nitrogen and oxygen atoms in total. The lowest BCUT2D eigenvalue weighted by Gasteiger charge is -2.01. The summed E-state index contributed by atoms with van der Waals surface area (Å²) >= 11 is 3.38. The van der Waals surface area contributed by atoms with E-state index < -0.39 is 0 Å². The molecule has 2 heterocycles. The third-order valence-electron chi connectivity index (χ3n) is 2.09. The molecule has 2 rings (SSSR count). The Morgan fingerprint density at radius 1 is 1.62 bits per heavy atom. The van der Waals surface area contributed by atoms with Crippen molar-refractivity contribution >= 4 is 27.5 Å². The molecule has 2 aromatic heterocycles. The number of nitrogens with zero attached hydrogens (tertiary/aromatic N) is 3. The number of halogens is 1. The minimum Gasteiger partial charge on any atom is -0.462 e. The van der Waals surface area contributed by atoms with Gasteiger partial charge in [-0.15, -0.1) is 0 Å². The topological polar surface area (TPSA) is 56.5 Å². The normalized spacial score (nSPS) is 10.7. The van der Waals surface area contributed by atoms with E-state index in [4.69, 9.17) is 4.74 Å². The van der Waals surface area contributed by atoms with Crippen molar-refractivity contribution < 1.29 is 9.53 Å². The SMILES string of the molecule is CCOC(=O)c1cnc2c(Br)c(C)nn2c1. The first-order chi connectivity index (χ1) is 7.63. The van der Waals surface area contributed by atoms with E-state index >= 15 is 0 Å². The summed E-state index contributed by atoms with van der Waals surface area (Å²) in [5, 5.41) is 4.22. The number of aromatic nitrogens is 3. The van der Waals surface area contributed by atoms with Crippen LogP contribution in [0.2, 0.25) is 0 Å². The smallest absolute Gasteiger partial charge is 0.341 e. The van der Waals surface area contributed by atoms with Crippen LogP contribution in [0.1, 0.15) is 23.0 Å². The highest BCUT2D eigenvalue weighted by Gasteiger charge is 2.12. The molecule has 0 N–H and O–H groups in total. The Labute approximate surface area is 101 Å². The average Bonchev–Trinajstić information content (AvgIpc) is 2.55. The Bertz CT molecular complexity index is 550. The van der Waals surface area contributed by atoms with Gasteiger partial charge in [0, 0.05) is 12.4 Å². The number of hydrogen-bond acceptors (Lipinski definition) is 4.